The van der Waals surface area contributed by atoms with Crippen LogP contribution >= 0.6 is 0 Å². The first-order valence-electron chi connectivity index (χ1n) is 9.43. The molecule has 2 aromatic rings. The monoisotopic (exact) mass is 377 g/mol. The number of ether oxygens (including phenoxy) is 2. The van der Waals surface area contributed by atoms with Gasteiger partial charge in [-0.2, -0.15) is 0 Å². The number of allylic oxidation sites excluding steroid dienone is 2. The molecule has 144 valence electrons. The molecular formula is C23H23NO4. The van der Waals surface area contributed by atoms with Gasteiger partial charge in [-0.15, -0.1) is 0 Å². The molecule has 0 aromatic heterocycles. The van der Waals surface area contributed by atoms with E-state index in [1.54, 1.807) is 14.2 Å². The number of rotatable bonds is 4. The summed E-state index contributed by atoms with van der Waals surface area (Å²) in [5.41, 5.74) is 3.52. The van der Waals surface area contributed by atoms with Crippen LogP contribution in [0, 0.1) is 0 Å². The molecule has 0 bridgehead atoms. The van der Waals surface area contributed by atoms with Crippen molar-refractivity contribution in [1.29, 1.82) is 0 Å². The number of carbonyl (C=O) groups excluding carboxylic acids is 2. The SMILES string of the molecule is COc1ccc(C2CC(=O)NC3=C2C(=O)CC(c2ccccc2)C3)cc1OC. The van der Waals surface area contributed by atoms with Gasteiger partial charge in [0.1, 0.15) is 0 Å². The van der Waals surface area contributed by atoms with E-state index < -0.39 is 0 Å². The zero-order valence-electron chi connectivity index (χ0n) is 16.0. The highest BCUT2D eigenvalue weighted by atomic mass is 16.5. The summed E-state index contributed by atoms with van der Waals surface area (Å²) in [6, 6.07) is 15.6. The average Bonchev–Trinajstić information content (AvgIpc) is 2.72. The highest BCUT2D eigenvalue weighted by Crippen LogP contribution is 2.43. The van der Waals surface area contributed by atoms with Crippen LogP contribution in [-0.2, 0) is 9.59 Å². The Labute approximate surface area is 164 Å². The summed E-state index contributed by atoms with van der Waals surface area (Å²) in [5.74, 6) is 1.11. The van der Waals surface area contributed by atoms with Gasteiger partial charge in [0.25, 0.3) is 0 Å². The van der Waals surface area contributed by atoms with Crippen LogP contribution in [0.1, 0.15) is 42.2 Å². The van der Waals surface area contributed by atoms with Gasteiger partial charge in [-0.05, 0) is 35.6 Å². The van der Waals surface area contributed by atoms with Crippen LogP contribution in [0.3, 0.4) is 0 Å². The Hall–Kier alpha value is -3.08. The van der Waals surface area contributed by atoms with Crippen LogP contribution in [0.4, 0.5) is 0 Å². The third-order valence-corrected chi connectivity index (χ3v) is 5.62. The summed E-state index contributed by atoms with van der Waals surface area (Å²) >= 11 is 0. The zero-order chi connectivity index (χ0) is 19.7. The van der Waals surface area contributed by atoms with Gasteiger partial charge in [-0.1, -0.05) is 36.4 Å². The standard InChI is InChI=1S/C23H23NO4/c1-27-20-9-8-15(12-21(20)28-2)17-13-22(26)24-18-10-16(11-19(25)23(17)18)14-6-4-3-5-7-14/h3-9,12,16-17H,10-11,13H2,1-2H3,(H,24,26). The van der Waals surface area contributed by atoms with Crippen molar-refractivity contribution in [1.82, 2.24) is 5.32 Å². The lowest BCUT2D eigenvalue weighted by Crippen LogP contribution is -2.38. The Morgan fingerprint density at radius 1 is 0.857 bits per heavy atom. The molecule has 2 atom stereocenters. The van der Waals surface area contributed by atoms with Crippen LogP contribution in [0.25, 0.3) is 0 Å². The number of carbonyl (C=O) groups is 2. The van der Waals surface area contributed by atoms with E-state index in [1.165, 1.54) is 0 Å². The van der Waals surface area contributed by atoms with Gasteiger partial charge in [-0.25, -0.2) is 0 Å². The van der Waals surface area contributed by atoms with E-state index in [4.69, 9.17) is 9.47 Å². The second kappa shape index (κ2) is 7.50. The van der Waals surface area contributed by atoms with E-state index in [0.29, 0.717) is 24.3 Å². The summed E-state index contributed by atoms with van der Waals surface area (Å²) in [6.45, 7) is 0. The summed E-state index contributed by atoms with van der Waals surface area (Å²) in [7, 11) is 3.16. The van der Waals surface area contributed by atoms with Crippen molar-refractivity contribution in [2.75, 3.05) is 14.2 Å². The van der Waals surface area contributed by atoms with Crippen molar-refractivity contribution in [3.05, 3.63) is 70.9 Å². The van der Waals surface area contributed by atoms with Crippen LogP contribution in [0.15, 0.2) is 59.8 Å². The Balaban J connectivity index is 1.72. The molecule has 0 saturated heterocycles. The molecule has 4 rings (SSSR count). The smallest absolute Gasteiger partial charge is 0.225 e. The fourth-order valence-electron chi connectivity index (χ4n) is 4.28. The molecule has 0 spiro atoms. The number of amides is 1. The lowest BCUT2D eigenvalue weighted by molar-refractivity contribution is -0.122. The fraction of sp³-hybridized carbons (Fsp3) is 0.304. The highest BCUT2D eigenvalue weighted by molar-refractivity contribution is 6.02. The Bertz CT molecular complexity index is 948. The second-order valence-corrected chi connectivity index (χ2v) is 7.25. The molecule has 1 aliphatic heterocycles. The van der Waals surface area contributed by atoms with Crippen molar-refractivity contribution < 1.29 is 19.1 Å². The fourth-order valence-corrected chi connectivity index (χ4v) is 4.28. The van der Waals surface area contributed by atoms with Crippen molar-refractivity contribution in [3.63, 3.8) is 0 Å². The number of nitrogens with one attached hydrogen (secondary N) is 1. The molecule has 1 aliphatic carbocycles. The largest absolute Gasteiger partial charge is 0.493 e. The second-order valence-electron chi connectivity index (χ2n) is 7.25. The van der Waals surface area contributed by atoms with E-state index in [9.17, 15) is 9.59 Å². The van der Waals surface area contributed by atoms with Crippen LogP contribution in [0.2, 0.25) is 0 Å². The lowest BCUT2D eigenvalue weighted by atomic mass is 9.73. The average molecular weight is 377 g/mol. The Morgan fingerprint density at radius 3 is 2.32 bits per heavy atom. The molecule has 1 N–H and O–H groups in total. The van der Waals surface area contributed by atoms with Gasteiger partial charge in [0.2, 0.25) is 5.91 Å². The zero-order valence-corrected chi connectivity index (χ0v) is 16.0. The maximum absolute atomic E-state index is 13.1. The summed E-state index contributed by atoms with van der Waals surface area (Å²) < 4.78 is 10.7. The van der Waals surface area contributed by atoms with Crippen LogP contribution < -0.4 is 14.8 Å². The molecule has 2 unspecified atom stereocenters. The quantitative estimate of drug-likeness (QED) is 0.882. The first kappa shape index (κ1) is 18.3. The van der Waals surface area contributed by atoms with Crippen LogP contribution in [0.5, 0.6) is 11.5 Å². The molecule has 5 nitrogen and oxygen atoms in total. The third kappa shape index (κ3) is 3.28. The van der Waals surface area contributed by atoms with Gasteiger partial charge in [0.15, 0.2) is 17.3 Å². The number of hydrogen-bond donors (Lipinski definition) is 1. The first-order chi connectivity index (χ1) is 13.6. The Morgan fingerprint density at radius 2 is 1.61 bits per heavy atom. The number of methoxy groups -OCH3 is 2. The normalized spacial score (nSPS) is 21.8. The van der Waals surface area contributed by atoms with Crippen molar-refractivity contribution in [2.45, 2.75) is 31.1 Å². The van der Waals surface area contributed by atoms with Gasteiger partial charge in [0.05, 0.1) is 14.2 Å². The summed E-state index contributed by atoms with van der Waals surface area (Å²) in [4.78, 5) is 25.5. The Kier molecular flexibility index (Phi) is 4.90. The van der Waals surface area contributed by atoms with Gasteiger partial charge < -0.3 is 14.8 Å². The van der Waals surface area contributed by atoms with E-state index in [-0.39, 0.29) is 29.9 Å². The molecular weight excluding hydrogens is 354 g/mol. The van der Waals surface area contributed by atoms with Crippen LogP contribution in [-0.4, -0.2) is 25.9 Å². The molecule has 28 heavy (non-hydrogen) atoms. The van der Waals surface area contributed by atoms with E-state index in [0.717, 1.165) is 22.4 Å². The van der Waals surface area contributed by atoms with Gasteiger partial charge >= 0.3 is 0 Å². The number of hydrogen-bond acceptors (Lipinski definition) is 4. The maximum Gasteiger partial charge on any atom is 0.225 e. The summed E-state index contributed by atoms with van der Waals surface area (Å²) in [6.07, 6.45) is 1.39. The molecule has 0 fully saturated rings. The lowest BCUT2D eigenvalue weighted by Gasteiger charge is -2.34. The number of Topliss-reactive ketones (excluding diaryl/α,β-unsaturated/α-hetero) is 1. The third-order valence-electron chi connectivity index (χ3n) is 5.62. The highest BCUT2D eigenvalue weighted by Gasteiger charge is 2.38. The minimum Gasteiger partial charge on any atom is -0.493 e. The molecule has 1 heterocycles. The van der Waals surface area contributed by atoms with Crippen molar-refractivity contribution in [3.8, 4) is 11.5 Å². The number of ketones is 1. The van der Waals surface area contributed by atoms with E-state index >= 15 is 0 Å². The predicted octanol–water partition coefficient (Wildman–Crippen LogP) is 3.71. The van der Waals surface area contributed by atoms with E-state index in [2.05, 4.69) is 5.32 Å². The first-order valence-corrected chi connectivity index (χ1v) is 9.43. The molecule has 2 aromatic carbocycles. The minimum absolute atomic E-state index is 0.0555. The minimum atomic E-state index is -0.257. The van der Waals surface area contributed by atoms with Crippen molar-refractivity contribution >= 4 is 11.7 Å². The predicted molar refractivity (Wildman–Crippen MR) is 105 cm³/mol. The summed E-state index contributed by atoms with van der Waals surface area (Å²) in [5, 5.41) is 2.96. The van der Waals surface area contributed by atoms with Gasteiger partial charge in [-0.3, -0.25) is 9.59 Å². The van der Waals surface area contributed by atoms with Gasteiger partial charge in [0, 0.05) is 30.0 Å². The molecule has 0 radical (unpaired) electrons. The maximum atomic E-state index is 13.1. The topological polar surface area (TPSA) is 64.6 Å². The van der Waals surface area contributed by atoms with E-state index in [1.807, 2.05) is 48.5 Å². The molecule has 0 saturated carbocycles. The number of benzene rings is 2. The molecule has 5 heteroatoms. The molecule has 1 amide bonds. The van der Waals surface area contributed by atoms with Crippen molar-refractivity contribution in [2.24, 2.45) is 0 Å². The molecule has 2 aliphatic rings.